The third-order valence-corrected chi connectivity index (χ3v) is 5.87. The molecule has 1 aliphatic carbocycles. The Hall–Kier alpha value is -2.19. The molecule has 0 radical (unpaired) electrons. The molecule has 27 heavy (non-hydrogen) atoms. The highest BCUT2D eigenvalue weighted by Crippen LogP contribution is 2.43. The van der Waals surface area contributed by atoms with Crippen molar-refractivity contribution < 1.29 is 28.9 Å². The third kappa shape index (κ3) is 3.17. The van der Waals surface area contributed by atoms with Crippen molar-refractivity contribution in [1.82, 2.24) is 5.32 Å². The summed E-state index contributed by atoms with van der Waals surface area (Å²) in [5.41, 5.74) is 1.89. The minimum absolute atomic E-state index is 0.161. The Kier molecular flexibility index (Phi) is 4.55. The Morgan fingerprint density at radius 1 is 1.33 bits per heavy atom. The number of aliphatic hydroxyl groups is 2. The maximum atomic E-state index is 14.8. The number of cyclic esters (lactones) is 1. The van der Waals surface area contributed by atoms with Crippen LogP contribution in [0.2, 0.25) is 0 Å². The van der Waals surface area contributed by atoms with Crippen molar-refractivity contribution in [2.45, 2.75) is 62.9 Å². The van der Waals surface area contributed by atoms with Gasteiger partial charge in [-0.1, -0.05) is 6.07 Å². The van der Waals surface area contributed by atoms with Crippen LogP contribution < -0.4 is 10.2 Å². The average Bonchev–Trinajstić information content (AvgIpc) is 3.12. The molecule has 8 heteroatoms. The van der Waals surface area contributed by atoms with E-state index in [1.165, 1.54) is 17.9 Å². The van der Waals surface area contributed by atoms with Crippen LogP contribution in [0.4, 0.5) is 14.9 Å². The number of fused-ring (bicyclic) bond motifs is 3. The van der Waals surface area contributed by atoms with Crippen molar-refractivity contribution in [3.05, 3.63) is 29.1 Å². The molecule has 2 amide bonds. The van der Waals surface area contributed by atoms with E-state index in [1.807, 2.05) is 0 Å². The number of hydrogen-bond acceptors (Lipinski definition) is 5. The molecule has 1 aromatic carbocycles. The van der Waals surface area contributed by atoms with Crippen molar-refractivity contribution in [3.63, 3.8) is 0 Å². The summed E-state index contributed by atoms with van der Waals surface area (Å²) in [4.78, 5) is 24.9. The average molecular weight is 378 g/mol. The van der Waals surface area contributed by atoms with Crippen LogP contribution in [0.25, 0.3) is 0 Å². The second-order valence-corrected chi connectivity index (χ2v) is 7.65. The fourth-order valence-electron chi connectivity index (χ4n) is 4.45. The molecule has 0 spiro atoms. The van der Waals surface area contributed by atoms with Crippen LogP contribution in [0.5, 0.6) is 0 Å². The fraction of sp³-hybridized carbons (Fsp3) is 0.579. The molecule has 2 heterocycles. The quantitative estimate of drug-likeness (QED) is 0.734. The lowest BCUT2D eigenvalue weighted by Gasteiger charge is -2.30. The third-order valence-electron chi connectivity index (χ3n) is 5.87. The van der Waals surface area contributed by atoms with Gasteiger partial charge in [0.15, 0.2) is 0 Å². The summed E-state index contributed by atoms with van der Waals surface area (Å²) in [6.45, 7) is 1.62. The summed E-state index contributed by atoms with van der Waals surface area (Å²) < 4.78 is 20.1. The number of anilines is 1. The zero-order chi connectivity index (χ0) is 19.3. The number of carbonyl (C=O) groups excluding carboxylic acids is 2. The highest BCUT2D eigenvalue weighted by Gasteiger charge is 2.48. The molecule has 7 nitrogen and oxygen atoms in total. The number of halogens is 1. The second-order valence-electron chi connectivity index (χ2n) is 7.65. The first-order valence-corrected chi connectivity index (χ1v) is 9.28. The molecule has 4 rings (SSSR count). The molecule has 0 bridgehead atoms. The molecule has 1 saturated carbocycles. The predicted octanol–water partition coefficient (Wildman–Crippen LogP) is 1.20. The smallest absolute Gasteiger partial charge is 0.415 e. The molecule has 2 aliphatic heterocycles. The number of nitrogens with zero attached hydrogens (tertiary/aromatic N) is 1. The number of nitrogens with one attached hydrogen (secondary N) is 1. The summed E-state index contributed by atoms with van der Waals surface area (Å²) in [7, 11) is 0. The molecule has 1 saturated heterocycles. The highest BCUT2D eigenvalue weighted by molar-refractivity contribution is 5.94. The molecule has 0 aromatic heterocycles. The molecule has 3 aliphatic rings. The van der Waals surface area contributed by atoms with Crippen molar-refractivity contribution in [2.75, 3.05) is 11.4 Å². The van der Waals surface area contributed by atoms with E-state index in [0.717, 1.165) is 5.56 Å². The first-order chi connectivity index (χ1) is 12.8. The Morgan fingerprint density at radius 3 is 2.81 bits per heavy atom. The predicted molar refractivity (Wildman–Crippen MR) is 93.9 cm³/mol. The van der Waals surface area contributed by atoms with Gasteiger partial charge < -0.3 is 20.3 Å². The van der Waals surface area contributed by atoms with Gasteiger partial charge in [0.25, 0.3) is 0 Å². The Bertz CT molecular complexity index is 786. The van der Waals surface area contributed by atoms with Gasteiger partial charge in [0.05, 0.1) is 30.5 Å². The van der Waals surface area contributed by atoms with E-state index in [-0.39, 0.29) is 24.4 Å². The van der Waals surface area contributed by atoms with Crippen LogP contribution in [0.3, 0.4) is 0 Å². The molecular weight excluding hydrogens is 355 g/mol. The lowest BCUT2D eigenvalue weighted by Crippen LogP contribution is -2.40. The van der Waals surface area contributed by atoms with E-state index in [0.29, 0.717) is 36.9 Å². The molecule has 3 N–H and O–H groups in total. The van der Waals surface area contributed by atoms with Crippen molar-refractivity contribution in [1.29, 1.82) is 0 Å². The molecule has 5 atom stereocenters. The van der Waals surface area contributed by atoms with E-state index in [4.69, 9.17) is 4.74 Å². The summed E-state index contributed by atoms with van der Waals surface area (Å²) in [6, 6.07) is 2.87. The number of hydrogen-bond donors (Lipinski definition) is 3. The molecule has 1 aromatic rings. The van der Waals surface area contributed by atoms with Gasteiger partial charge in [0, 0.05) is 6.92 Å². The monoisotopic (exact) mass is 378 g/mol. The van der Waals surface area contributed by atoms with E-state index >= 15 is 0 Å². The van der Waals surface area contributed by atoms with Crippen LogP contribution in [0.1, 0.15) is 43.2 Å². The van der Waals surface area contributed by atoms with Crippen LogP contribution >= 0.6 is 0 Å². The van der Waals surface area contributed by atoms with Crippen LogP contribution in [0.15, 0.2) is 12.1 Å². The molecule has 1 unspecified atom stereocenters. The Labute approximate surface area is 156 Å². The highest BCUT2D eigenvalue weighted by atomic mass is 19.1. The van der Waals surface area contributed by atoms with E-state index in [2.05, 4.69) is 5.32 Å². The largest absolute Gasteiger partial charge is 0.442 e. The minimum Gasteiger partial charge on any atom is -0.442 e. The maximum Gasteiger partial charge on any atom is 0.415 e. The number of amides is 2. The number of rotatable bonds is 3. The number of ether oxygens (including phenoxy) is 1. The standard InChI is InChI=1S/C19H23FN2O5/c1-9(23)21-8-18-15-5-11-4-12(10-2-3-16(24)17(25)6-10)13(20)7-14(11)22(15)19(26)27-18/h4,7,10,15-18,24-25H,2-3,5-6,8H2,1H3,(H,21,23)/t10?,15-,16+,17-,18-/m0/s1. The Balaban J connectivity index is 1.58. The first-order valence-electron chi connectivity index (χ1n) is 9.28. The normalized spacial score (nSPS) is 32.1. The van der Waals surface area contributed by atoms with Crippen molar-refractivity contribution in [3.8, 4) is 0 Å². The summed E-state index contributed by atoms with van der Waals surface area (Å²) in [5.74, 6) is -0.779. The SMILES string of the molecule is CC(=O)NC[C@@H]1OC(=O)N2c3cc(F)c(C4CC[C@@H](O)[C@@H](O)C4)cc3C[C@@H]12. The second kappa shape index (κ2) is 6.76. The van der Waals surface area contributed by atoms with Gasteiger partial charge in [0.1, 0.15) is 11.9 Å². The first kappa shape index (κ1) is 18.2. The summed E-state index contributed by atoms with van der Waals surface area (Å²) in [5, 5.41) is 22.3. The zero-order valence-corrected chi connectivity index (χ0v) is 15.0. The molecular formula is C19H23FN2O5. The number of carbonyl (C=O) groups is 2. The Morgan fingerprint density at radius 2 is 2.11 bits per heavy atom. The van der Waals surface area contributed by atoms with Gasteiger partial charge in [0.2, 0.25) is 5.91 Å². The van der Waals surface area contributed by atoms with E-state index in [9.17, 15) is 24.2 Å². The van der Waals surface area contributed by atoms with Crippen LogP contribution in [-0.2, 0) is 16.0 Å². The zero-order valence-electron chi connectivity index (χ0n) is 15.0. The lowest BCUT2D eigenvalue weighted by molar-refractivity contribution is -0.119. The van der Waals surface area contributed by atoms with Crippen molar-refractivity contribution >= 4 is 17.7 Å². The number of benzene rings is 1. The van der Waals surface area contributed by atoms with Gasteiger partial charge >= 0.3 is 6.09 Å². The van der Waals surface area contributed by atoms with Gasteiger partial charge in [-0.05, 0) is 48.8 Å². The lowest BCUT2D eigenvalue weighted by atomic mass is 9.80. The van der Waals surface area contributed by atoms with E-state index in [1.54, 1.807) is 6.07 Å². The van der Waals surface area contributed by atoms with E-state index < -0.39 is 30.2 Å². The van der Waals surface area contributed by atoms with Gasteiger partial charge in [-0.15, -0.1) is 0 Å². The summed E-state index contributed by atoms with van der Waals surface area (Å²) in [6.07, 6.45) is -0.737. The van der Waals surface area contributed by atoms with Crippen LogP contribution in [-0.4, -0.2) is 53.1 Å². The van der Waals surface area contributed by atoms with Gasteiger partial charge in [-0.25, -0.2) is 9.18 Å². The minimum atomic E-state index is -0.850. The fourth-order valence-corrected chi connectivity index (χ4v) is 4.45. The topological polar surface area (TPSA) is 99.1 Å². The maximum absolute atomic E-state index is 14.8. The summed E-state index contributed by atoms with van der Waals surface area (Å²) >= 11 is 0. The van der Waals surface area contributed by atoms with Gasteiger partial charge in [-0.3, -0.25) is 9.69 Å². The van der Waals surface area contributed by atoms with Crippen molar-refractivity contribution in [2.24, 2.45) is 0 Å². The molecule has 2 fully saturated rings. The van der Waals surface area contributed by atoms with Crippen LogP contribution in [0, 0.1) is 5.82 Å². The number of aliphatic hydroxyl groups excluding tert-OH is 2. The molecule has 146 valence electrons. The van der Waals surface area contributed by atoms with Gasteiger partial charge in [-0.2, -0.15) is 0 Å².